The highest BCUT2D eigenvalue weighted by atomic mass is 16.5. The maximum absolute atomic E-state index is 5.65. The average Bonchev–Trinajstić information content (AvgIpc) is 2.97. The predicted molar refractivity (Wildman–Crippen MR) is 88.0 cm³/mol. The lowest BCUT2D eigenvalue weighted by Crippen LogP contribution is -2.13. The molecule has 1 heterocycles. The molecule has 140 valence electrons. The Morgan fingerprint density at radius 2 is 1.33 bits per heavy atom. The molecule has 0 aliphatic heterocycles. The highest BCUT2D eigenvalue weighted by Gasteiger charge is 2.11. The summed E-state index contributed by atoms with van der Waals surface area (Å²) in [4.78, 5) is 4.43. The van der Waals surface area contributed by atoms with E-state index in [1.165, 1.54) is 0 Å². The van der Waals surface area contributed by atoms with Crippen molar-refractivity contribution in [2.75, 3.05) is 67.6 Å². The second-order valence-corrected chi connectivity index (χ2v) is 5.03. The first-order valence-corrected chi connectivity index (χ1v) is 8.06. The molecular weight excluding hydrogens is 316 g/mol. The second kappa shape index (κ2) is 14.3. The number of aromatic nitrogens is 2. The Kier molecular flexibility index (Phi) is 12.5. The maximum atomic E-state index is 5.65. The van der Waals surface area contributed by atoms with E-state index in [0.717, 1.165) is 11.4 Å². The zero-order chi connectivity index (χ0) is 17.5. The van der Waals surface area contributed by atoms with Gasteiger partial charge in [0, 0.05) is 27.9 Å². The average molecular weight is 346 g/mol. The molecule has 0 saturated carbocycles. The van der Waals surface area contributed by atoms with Gasteiger partial charge in [0.15, 0.2) is 0 Å². The van der Waals surface area contributed by atoms with Gasteiger partial charge in [-0.05, 0) is 0 Å². The predicted octanol–water partition coefficient (Wildman–Crippen LogP) is 0.872. The van der Waals surface area contributed by atoms with Crippen LogP contribution in [0.25, 0.3) is 0 Å². The number of hydrogen-bond acceptors (Lipinski definition) is 7. The topological polar surface area (TPSA) is 73.2 Å². The Labute approximate surface area is 143 Å². The Balaban J connectivity index is 2.51. The number of hydrogen-bond donors (Lipinski definition) is 0. The third-order valence-corrected chi connectivity index (χ3v) is 3.28. The summed E-state index contributed by atoms with van der Waals surface area (Å²) in [6.45, 7) is 5.57. The molecule has 0 spiro atoms. The lowest BCUT2D eigenvalue weighted by molar-refractivity contribution is 0.0484. The van der Waals surface area contributed by atoms with E-state index in [2.05, 4.69) is 4.98 Å². The number of imidazole rings is 1. The highest BCUT2D eigenvalue weighted by molar-refractivity contribution is 5.11. The lowest BCUT2D eigenvalue weighted by atomic mass is 10.3. The molecule has 0 aromatic carbocycles. The van der Waals surface area contributed by atoms with Crippen LogP contribution in [0, 0.1) is 0 Å². The van der Waals surface area contributed by atoms with Crippen molar-refractivity contribution in [3.8, 4) is 0 Å². The Bertz CT molecular complexity index is 413. The smallest absolute Gasteiger partial charge is 0.0954 e. The van der Waals surface area contributed by atoms with Gasteiger partial charge < -0.3 is 33.0 Å². The Morgan fingerprint density at radius 3 is 1.96 bits per heavy atom. The number of rotatable bonds is 16. The van der Waals surface area contributed by atoms with E-state index in [9.17, 15) is 0 Å². The van der Waals surface area contributed by atoms with Crippen molar-refractivity contribution in [3.05, 3.63) is 17.7 Å². The molecule has 0 unspecified atom stereocenters. The van der Waals surface area contributed by atoms with Crippen LogP contribution in [0.1, 0.15) is 11.4 Å². The third kappa shape index (κ3) is 8.72. The van der Waals surface area contributed by atoms with Crippen LogP contribution in [0.4, 0.5) is 0 Å². The Hall–Kier alpha value is -1.03. The summed E-state index contributed by atoms with van der Waals surface area (Å²) in [5, 5.41) is 0. The SMILES string of the molecule is COCCOCCn1cnc(COCCOC)c1COCCOC. The summed E-state index contributed by atoms with van der Waals surface area (Å²) < 4.78 is 33.7. The number of methoxy groups -OCH3 is 3. The van der Waals surface area contributed by atoms with Gasteiger partial charge in [0.1, 0.15) is 0 Å². The van der Waals surface area contributed by atoms with Crippen LogP contribution in [0.3, 0.4) is 0 Å². The molecular formula is C16H30N2O6. The monoisotopic (exact) mass is 346 g/mol. The van der Waals surface area contributed by atoms with Gasteiger partial charge in [-0.25, -0.2) is 4.98 Å². The van der Waals surface area contributed by atoms with Gasteiger partial charge >= 0.3 is 0 Å². The van der Waals surface area contributed by atoms with E-state index >= 15 is 0 Å². The molecule has 0 bridgehead atoms. The molecule has 1 aromatic rings. The van der Waals surface area contributed by atoms with Crippen molar-refractivity contribution >= 4 is 0 Å². The summed E-state index contributed by atoms with van der Waals surface area (Å²) in [7, 11) is 4.96. The Morgan fingerprint density at radius 1 is 0.750 bits per heavy atom. The molecule has 0 amide bonds. The summed E-state index contributed by atoms with van der Waals surface area (Å²) in [5.41, 5.74) is 1.87. The van der Waals surface area contributed by atoms with E-state index < -0.39 is 0 Å². The van der Waals surface area contributed by atoms with Crippen molar-refractivity contribution in [3.63, 3.8) is 0 Å². The first-order valence-electron chi connectivity index (χ1n) is 8.06. The van der Waals surface area contributed by atoms with E-state index in [4.69, 9.17) is 28.4 Å². The van der Waals surface area contributed by atoms with Crippen LogP contribution in [-0.4, -0.2) is 77.1 Å². The molecule has 0 aliphatic carbocycles. The van der Waals surface area contributed by atoms with Crippen molar-refractivity contribution in [2.45, 2.75) is 19.8 Å². The van der Waals surface area contributed by atoms with Gasteiger partial charge in [0.05, 0.1) is 77.2 Å². The third-order valence-electron chi connectivity index (χ3n) is 3.28. The second-order valence-electron chi connectivity index (χ2n) is 5.03. The van der Waals surface area contributed by atoms with Crippen molar-refractivity contribution in [1.82, 2.24) is 9.55 Å². The van der Waals surface area contributed by atoms with Crippen molar-refractivity contribution in [2.24, 2.45) is 0 Å². The minimum absolute atomic E-state index is 0.434. The lowest BCUT2D eigenvalue weighted by Gasteiger charge is -2.11. The summed E-state index contributed by atoms with van der Waals surface area (Å²) in [6.07, 6.45) is 1.80. The minimum atomic E-state index is 0.434. The van der Waals surface area contributed by atoms with Gasteiger partial charge in [0.25, 0.3) is 0 Å². The van der Waals surface area contributed by atoms with Gasteiger partial charge in [-0.15, -0.1) is 0 Å². The zero-order valence-electron chi connectivity index (χ0n) is 15.0. The fourth-order valence-corrected chi connectivity index (χ4v) is 1.96. The molecule has 0 aliphatic rings. The van der Waals surface area contributed by atoms with Crippen LogP contribution in [0.5, 0.6) is 0 Å². The quantitative estimate of drug-likeness (QED) is 0.411. The van der Waals surface area contributed by atoms with Gasteiger partial charge in [-0.1, -0.05) is 0 Å². The van der Waals surface area contributed by atoms with E-state index in [1.54, 1.807) is 27.7 Å². The van der Waals surface area contributed by atoms with Gasteiger partial charge in [-0.2, -0.15) is 0 Å². The minimum Gasteiger partial charge on any atom is -0.382 e. The van der Waals surface area contributed by atoms with E-state index in [1.807, 2.05) is 4.57 Å². The van der Waals surface area contributed by atoms with Crippen LogP contribution in [-0.2, 0) is 48.2 Å². The van der Waals surface area contributed by atoms with Crippen LogP contribution in [0.2, 0.25) is 0 Å². The zero-order valence-corrected chi connectivity index (χ0v) is 15.0. The standard InChI is InChI=1S/C16H30N2O6/c1-19-6-9-22-5-4-18-14-17-15(12-23-10-7-20-2)16(18)13-24-11-8-21-3/h14H,4-13H2,1-3H3. The normalized spacial score (nSPS) is 11.3. The highest BCUT2D eigenvalue weighted by Crippen LogP contribution is 2.11. The summed E-state index contributed by atoms with van der Waals surface area (Å²) in [6, 6.07) is 0. The fourth-order valence-electron chi connectivity index (χ4n) is 1.96. The van der Waals surface area contributed by atoms with Crippen LogP contribution < -0.4 is 0 Å². The summed E-state index contributed by atoms with van der Waals surface area (Å²) >= 11 is 0. The molecule has 0 saturated heterocycles. The first kappa shape index (κ1) is 21.0. The fraction of sp³-hybridized carbons (Fsp3) is 0.812. The molecule has 1 aromatic heterocycles. The maximum Gasteiger partial charge on any atom is 0.0954 e. The molecule has 24 heavy (non-hydrogen) atoms. The van der Waals surface area contributed by atoms with E-state index in [-0.39, 0.29) is 0 Å². The molecule has 1 rings (SSSR count). The molecule has 8 nitrogen and oxygen atoms in total. The van der Waals surface area contributed by atoms with E-state index in [0.29, 0.717) is 66.0 Å². The molecule has 0 atom stereocenters. The van der Waals surface area contributed by atoms with Gasteiger partial charge in [0.2, 0.25) is 0 Å². The molecule has 0 radical (unpaired) electrons. The largest absolute Gasteiger partial charge is 0.382 e. The van der Waals surface area contributed by atoms with Crippen molar-refractivity contribution < 1.29 is 28.4 Å². The number of nitrogens with zero attached hydrogens (tertiary/aromatic N) is 2. The molecule has 0 fully saturated rings. The van der Waals surface area contributed by atoms with Crippen LogP contribution in [0.15, 0.2) is 6.33 Å². The van der Waals surface area contributed by atoms with Crippen molar-refractivity contribution in [1.29, 1.82) is 0 Å². The summed E-state index contributed by atoms with van der Waals surface area (Å²) in [5.74, 6) is 0. The molecule has 8 heteroatoms. The van der Waals surface area contributed by atoms with Gasteiger partial charge in [-0.3, -0.25) is 0 Å². The first-order chi connectivity index (χ1) is 11.8. The number of ether oxygens (including phenoxy) is 6. The molecule has 0 N–H and O–H groups in total. The van der Waals surface area contributed by atoms with Crippen LogP contribution >= 0.6 is 0 Å².